The molecule has 2 aromatic rings. The van der Waals surface area contributed by atoms with Crippen LogP contribution >= 0.6 is 0 Å². The standard InChI is InChI=1S/C18H20N4O/c1-11(13-7-6-12-4-2-3-5-14(12)8-13)22-17-15-9-19-18(23)16(15)20-10-21-17/h6-8,10-11H,2-5,9H2,1H3,(H,19,23)(H,20,21,22). The van der Waals surface area contributed by atoms with E-state index in [9.17, 15) is 4.79 Å². The van der Waals surface area contributed by atoms with E-state index in [1.165, 1.54) is 48.7 Å². The van der Waals surface area contributed by atoms with Crippen LogP contribution in [0.5, 0.6) is 0 Å². The van der Waals surface area contributed by atoms with Crippen LogP contribution in [0.3, 0.4) is 0 Å². The molecule has 2 heterocycles. The SMILES string of the molecule is CC(Nc1ncnc2c1CNC2=O)c1ccc2c(c1)CCCC2. The Hall–Kier alpha value is -2.43. The summed E-state index contributed by atoms with van der Waals surface area (Å²) in [5.74, 6) is 0.630. The molecule has 118 valence electrons. The first-order valence-electron chi connectivity index (χ1n) is 8.22. The van der Waals surface area contributed by atoms with Crippen molar-refractivity contribution in [2.45, 2.75) is 45.2 Å². The van der Waals surface area contributed by atoms with Crippen molar-refractivity contribution in [3.05, 3.63) is 52.5 Å². The van der Waals surface area contributed by atoms with E-state index in [1.807, 2.05) is 0 Å². The van der Waals surface area contributed by atoms with Crippen LogP contribution in [-0.4, -0.2) is 15.9 Å². The number of hydrogen-bond donors (Lipinski definition) is 2. The molecule has 0 spiro atoms. The topological polar surface area (TPSA) is 66.9 Å². The van der Waals surface area contributed by atoms with Gasteiger partial charge in [-0.25, -0.2) is 9.97 Å². The third-order valence-electron chi connectivity index (χ3n) is 4.81. The number of amides is 1. The number of nitrogens with zero attached hydrogens (tertiary/aromatic N) is 2. The van der Waals surface area contributed by atoms with E-state index in [-0.39, 0.29) is 11.9 Å². The van der Waals surface area contributed by atoms with Gasteiger partial charge in [-0.1, -0.05) is 18.2 Å². The number of nitrogens with one attached hydrogen (secondary N) is 2. The smallest absolute Gasteiger partial charge is 0.270 e. The first-order valence-corrected chi connectivity index (χ1v) is 8.22. The van der Waals surface area contributed by atoms with Crippen molar-refractivity contribution in [1.82, 2.24) is 15.3 Å². The molecule has 1 aliphatic carbocycles. The van der Waals surface area contributed by atoms with Gasteiger partial charge in [0.15, 0.2) is 0 Å². The molecule has 1 aromatic carbocycles. The van der Waals surface area contributed by atoms with Crippen molar-refractivity contribution < 1.29 is 4.79 Å². The minimum absolute atomic E-state index is 0.119. The van der Waals surface area contributed by atoms with E-state index in [0.29, 0.717) is 12.2 Å². The van der Waals surface area contributed by atoms with Crippen LogP contribution in [0.25, 0.3) is 0 Å². The van der Waals surface area contributed by atoms with Crippen LogP contribution in [-0.2, 0) is 19.4 Å². The molecule has 23 heavy (non-hydrogen) atoms. The van der Waals surface area contributed by atoms with Gasteiger partial charge >= 0.3 is 0 Å². The van der Waals surface area contributed by atoms with Gasteiger partial charge < -0.3 is 10.6 Å². The average molecular weight is 308 g/mol. The summed E-state index contributed by atoms with van der Waals surface area (Å²) in [5, 5.41) is 6.24. The molecule has 0 bridgehead atoms. The van der Waals surface area contributed by atoms with Crippen LogP contribution in [0.2, 0.25) is 0 Å². The second-order valence-electron chi connectivity index (χ2n) is 6.33. The molecular formula is C18H20N4O. The minimum Gasteiger partial charge on any atom is -0.363 e. The van der Waals surface area contributed by atoms with Gasteiger partial charge in [0.25, 0.3) is 5.91 Å². The molecule has 1 amide bonds. The lowest BCUT2D eigenvalue weighted by Crippen LogP contribution is -2.13. The van der Waals surface area contributed by atoms with Crippen molar-refractivity contribution >= 4 is 11.7 Å². The van der Waals surface area contributed by atoms with Crippen LogP contribution < -0.4 is 10.6 Å². The molecule has 1 atom stereocenters. The van der Waals surface area contributed by atoms with Gasteiger partial charge in [0.05, 0.1) is 0 Å². The molecule has 0 fully saturated rings. The first-order chi connectivity index (χ1) is 11.2. The molecule has 2 aliphatic rings. The molecular weight excluding hydrogens is 288 g/mol. The molecule has 0 saturated carbocycles. The van der Waals surface area contributed by atoms with E-state index in [2.05, 4.69) is 45.7 Å². The van der Waals surface area contributed by atoms with E-state index >= 15 is 0 Å². The summed E-state index contributed by atoms with van der Waals surface area (Å²) in [5.41, 5.74) is 5.58. The maximum absolute atomic E-state index is 11.7. The zero-order chi connectivity index (χ0) is 15.8. The second kappa shape index (κ2) is 5.65. The van der Waals surface area contributed by atoms with Gasteiger partial charge in [0, 0.05) is 18.2 Å². The molecule has 1 aliphatic heterocycles. The van der Waals surface area contributed by atoms with Gasteiger partial charge in [-0.05, 0) is 49.3 Å². The number of aryl methyl sites for hydroxylation is 2. The molecule has 4 rings (SSSR count). The second-order valence-corrected chi connectivity index (χ2v) is 6.33. The Morgan fingerprint density at radius 1 is 1.17 bits per heavy atom. The highest BCUT2D eigenvalue weighted by Crippen LogP contribution is 2.28. The summed E-state index contributed by atoms with van der Waals surface area (Å²) in [7, 11) is 0. The van der Waals surface area contributed by atoms with Crippen molar-refractivity contribution in [3.8, 4) is 0 Å². The highest BCUT2D eigenvalue weighted by Gasteiger charge is 2.24. The van der Waals surface area contributed by atoms with E-state index in [4.69, 9.17) is 0 Å². The summed E-state index contributed by atoms with van der Waals surface area (Å²) >= 11 is 0. The Balaban J connectivity index is 1.59. The fourth-order valence-corrected chi connectivity index (χ4v) is 3.46. The Kier molecular flexibility index (Phi) is 3.48. The van der Waals surface area contributed by atoms with Crippen LogP contribution in [0.15, 0.2) is 24.5 Å². The molecule has 1 unspecified atom stereocenters. The van der Waals surface area contributed by atoms with Crippen molar-refractivity contribution in [1.29, 1.82) is 0 Å². The number of carbonyl (C=O) groups is 1. The lowest BCUT2D eigenvalue weighted by atomic mass is 9.89. The zero-order valence-corrected chi connectivity index (χ0v) is 13.2. The van der Waals surface area contributed by atoms with Crippen molar-refractivity contribution in [2.24, 2.45) is 0 Å². The molecule has 1 aromatic heterocycles. The maximum atomic E-state index is 11.7. The average Bonchev–Trinajstić information content (AvgIpc) is 2.97. The highest BCUT2D eigenvalue weighted by molar-refractivity contribution is 5.97. The summed E-state index contributed by atoms with van der Waals surface area (Å²) in [6, 6.07) is 6.91. The van der Waals surface area contributed by atoms with E-state index in [1.54, 1.807) is 0 Å². The summed E-state index contributed by atoms with van der Waals surface area (Å²) in [4.78, 5) is 20.1. The zero-order valence-electron chi connectivity index (χ0n) is 13.2. The summed E-state index contributed by atoms with van der Waals surface area (Å²) in [6.07, 6.45) is 6.41. The number of aromatic nitrogens is 2. The quantitative estimate of drug-likeness (QED) is 0.915. The van der Waals surface area contributed by atoms with Crippen LogP contribution in [0.1, 0.15) is 58.5 Å². The van der Waals surface area contributed by atoms with E-state index < -0.39 is 0 Å². The Labute approximate surface area is 135 Å². The molecule has 5 nitrogen and oxygen atoms in total. The monoisotopic (exact) mass is 308 g/mol. The number of fused-ring (bicyclic) bond motifs is 2. The largest absolute Gasteiger partial charge is 0.363 e. The number of rotatable bonds is 3. The number of hydrogen-bond acceptors (Lipinski definition) is 4. The van der Waals surface area contributed by atoms with Gasteiger partial charge in [-0.2, -0.15) is 0 Å². The summed E-state index contributed by atoms with van der Waals surface area (Å²) in [6.45, 7) is 2.62. The highest BCUT2D eigenvalue weighted by atomic mass is 16.2. The third kappa shape index (κ3) is 2.56. The Morgan fingerprint density at radius 2 is 2.00 bits per heavy atom. The van der Waals surface area contributed by atoms with Crippen molar-refractivity contribution in [2.75, 3.05) is 5.32 Å². The van der Waals surface area contributed by atoms with Crippen LogP contribution in [0, 0.1) is 0 Å². The lowest BCUT2D eigenvalue weighted by Gasteiger charge is -2.21. The molecule has 0 radical (unpaired) electrons. The maximum Gasteiger partial charge on any atom is 0.270 e. The van der Waals surface area contributed by atoms with Crippen molar-refractivity contribution in [3.63, 3.8) is 0 Å². The lowest BCUT2D eigenvalue weighted by molar-refractivity contribution is 0.0961. The summed E-state index contributed by atoms with van der Waals surface area (Å²) < 4.78 is 0. The predicted octanol–water partition coefficient (Wildman–Crippen LogP) is 2.77. The molecule has 0 saturated heterocycles. The van der Waals surface area contributed by atoms with E-state index in [0.717, 1.165) is 11.4 Å². The normalized spacial score (nSPS) is 17.2. The molecule has 5 heteroatoms. The molecule has 2 N–H and O–H groups in total. The van der Waals surface area contributed by atoms with Gasteiger partial charge in [-0.15, -0.1) is 0 Å². The van der Waals surface area contributed by atoms with Gasteiger partial charge in [0.1, 0.15) is 17.8 Å². The van der Waals surface area contributed by atoms with Gasteiger partial charge in [-0.3, -0.25) is 4.79 Å². The van der Waals surface area contributed by atoms with Crippen LogP contribution in [0.4, 0.5) is 5.82 Å². The Bertz CT molecular complexity index is 772. The fourth-order valence-electron chi connectivity index (χ4n) is 3.46. The number of carbonyl (C=O) groups excluding carboxylic acids is 1. The minimum atomic E-state index is -0.119. The number of benzene rings is 1. The first kappa shape index (κ1) is 14.2. The number of anilines is 1. The predicted molar refractivity (Wildman–Crippen MR) is 88.3 cm³/mol. The van der Waals surface area contributed by atoms with Gasteiger partial charge in [0.2, 0.25) is 0 Å². The third-order valence-corrected chi connectivity index (χ3v) is 4.81. The fraction of sp³-hybridized carbons (Fsp3) is 0.389. The Morgan fingerprint density at radius 3 is 2.87 bits per heavy atom.